The van der Waals surface area contributed by atoms with Gasteiger partial charge < -0.3 is 5.32 Å². The van der Waals surface area contributed by atoms with Gasteiger partial charge in [0.2, 0.25) is 0 Å². The summed E-state index contributed by atoms with van der Waals surface area (Å²) in [7, 11) is 0. The lowest BCUT2D eigenvalue weighted by Crippen LogP contribution is -2.25. The quantitative estimate of drug-likeness (QED) is 0.786. The van der Waals surface area contributed by atoms with Gasteiger partial charge in [0.25, 0.3) is 0 Å². The van der Waals surface area contributed by atoms with Crippen LogP contribution in [0.4, 0.5) is 0 Å². The molecule has 1 N–H and O–H groups in total. The molecular weight excluding hydrogens is 290 g/mol. The number of nitrogens with zero attached hydrogens (tertiary/aromatic N) is 2. The highest BCUT2D eigenvalue weighted by Gasteiger charge is 2.13. The highest BCUT2D eigenvalue weighted by atomic mass is 35.5. The van der Waals surface area contributed by atoms with Crippen molar-refractivity contribution in [2.75, 3.05) is 12.3 Å². The molecule has 1 unspecified atom stereocenters. The van der Waals surface area contributed by atoms with Gasteiger partial charge >= 0.3 is 0 Å². The Morgan fingerprint density at radius 1 is 1.30 bits per heavy atom. The molecule has 0 saturated heterocycles. The van der Waals surface area contributed by atoms with Crippen LogP contribution in [0.3, 0.4) is 0 Å². The number of hydrogen-bond donors (Lipinski definition) is 1. The van der Waals surface area contributed by atoms with Gasteiger partial charge in [-0.05, 0) is 25.1 Å². The summed E-state index contributed by atoms with van der Waals surface area (Å²) in [5.41, 5.74) is 0.973. The van der Waals surface area contributed by atoms with Crippen LogP contribution in [0.2, 0.25) is 5.02 Å². The van der Waals surface area contributed by atoms with Gasteiger partial charge in [-0.3, -0.25) is 9.97 Å². The van der Waals surface area contributed by atoms with Gasteiger partial charge in [-0.25, -0.2) is 0 Å². The maximum Gasteiger partial charge on any atom is 0.0764 e. The predicted molar refractivity (Wildman–Crippen MR) is 85.2 cm³/mol. The zero-order valence-electron chi connectivity index (χ0n) is 11.4. The number of nitrogens with one attached hydrogen (secondary N) is 1. The SMILES string of the molecule is CCCNC(CSc1ccccc1Cl)c1cnccn1. The first kappa shape index (κ1) is 15.3. The molecule has 0 aliphatic heterocycles. The summed E-state index contributed by atoms with van der Waals surface area (Å²) < 4.78 is 0. The van der Waals surface area contributed by atoms with E-state index in [0.29, 0.717) is 0 Å². The van der Waals surface area contributed by atoms with E-state index in [1.807, 2.05) is 30.5 Å². The van der Waals surface area contributed by atoms with Gasteiger partial charge in [0.05, 0.1) is 16.8 Å². The third kappa shape index (κ3) is 4.47. The normalized spacial score (nSPS) is 12.3. The van der Waals surface area contributed by atoms with E-state index in [4.69, 9.17) is 11.6 Å². The summed E-state index contributed by atoms with van der Waals surface area (Å²) in [6.45, 7) is 3.12. The van der Waals surface area contributed by atoms with Crippen molar-refractivity contribution >= 4 is 23.4 Å². The first-order valence-corrected chi connectivity index (χ1v) is 8.04. The van der Waals surface area contributed by atoms with Crippen LogP contribution in [0.15, 0.2) is 47.8 Å². The molecule has 2 aromatic rings. The van der Waals surface area contributed by atoms with Crippen LogP contribution in [0.5, 0.6) is 0 Å². The zero-order valence-corrected chi connectivity index (χ0v) is 13.0. The average molecular weight is 308 g/mol. The van der Waals surface area contributed by atoms with Crippen molar-refractivity contribution in [3.63, 3.8) is 0 Å². The maximum absolute atomic E-state index is 6.19. The van der Waals surface area contributed by atoms with E-state index in [1.54, 1.807) is 24.2 Å². The smallest absolute Gasteiger partial charge is 0.0764 e. The molecular formula is C15H18ClN3S. The second kappa shape index (κ2) is 8.25. The molecule has 0 bridgehead atoms. The number of aromatic nitrogens is 2. The highest BCUT2D eigenvalue weighted by molar-refractivity contribution is 7.99. The minimum absolute atomic E-state index is 0.185. The number of thioether (sulfide) groups is 1. The predicted octanol–water partition coefficient (Wildman–Crippen LogP) is 3.96. The molecule has 1 atom stereocenters. The lowest BCUT2D eigenvalue weighted by molar-refractivity contribution is 0.563. The van der Waals surface area contributed by atoms with Gasteiger partial charge in [0.15, 0.2) is 0 Å². The first-order valence-electron chi connectivity index (χ1n) is 6.68. The molecule has 0 aliphatic rings. The summed E-state index contributed by atoms with van der Waals surface area (Å²) in [6, 6.07) is 8.10. The molecule has 1 aromatic heterocycles. The highest BCUT2D eigenvalue weighted by Crippen LogP contribution is 2.29. The van der Waals surface area contributed by atoms with Crippen molar-refractivity contribution in [1.82, 2.24) is 15.3 Å². The standard InChI is InChI=1S/C15H18ClN3S/c1-2-7-18-14(13-10-17-8-9-19-13)11-20-15-6-4-3-5-12(15)16/h3-6,8-10,14,18H,2,7,11H2,1H3. The van der Waals surface area contributed by atoms with Crippen molar-refractivity contribution in [2.24, 2.45) is 0 Å². The lowest BCUT2D eigenvalue weighted by atomic mass is 10.2. The van der Waals surface area contributed by atoms with Crippen LogP contribution < -0.4 is 5.32 Å². The van der Waals surface area contributed by atoms with Crippen molar-refractivity contribution in [3.05, 3.63) is 53.6 Å². The Morgan fingerprint density at radius 2 is 2.15 bits per heavy atom. The van der Waals surface area contributed by atoms with E-state index < -0.39 is 0 Å². The molecule has 1 aromatic carbocycles. The molecule has 5 heteroatoms. The molecule has 0 saturated carbocycles. The first-order chi connectivity index (χ1) is 9.81. The molecule has 0 amide bonds. The summed E-state index contributed by atoms with van der Waals surface area (Å²) in [6.07, 6.45) is 6.34. The molecule has 0 aliphatic carbocycles. The largest absolute Gasteiger partial charge is 0.308 e. The van der Waals surface area contributed by atoms with Crippen LogP contribution in [0.25, 0.3) is 0 Å². The number of benzene rings is 1. The van der Waals surface area contributed by atoms with Crippen LogP contribution in [-0.4, -0.2) is 22.3 Å². The van der Waals surface area contributed by atoms with E-state index in [1.165, 1.54) is 0 Å². The Morgan fingerprint density at radius 3 is 2.85 bits per heavy atom. The third-order valence-electron chi connectivity index (χ3n) is 2.82. The Labute approximate surface area is 129 Å². The maximum atomic E-state index is 6.19. The minimum atomic E-state index is 0.185. The fourth-order valence-electron chi connectivity index (χ4n) is 1.79. The van der Waals surface area contributed by atoms with Crippen LogP contribution in [-0.2, 0) is 0 Å². The zero-order chi connectivity index (χ0) is 14.2. The Bertz CT molecular complexity index is 522. The van der Waals surface area contributed by atoms with Crippen LogP contribution in [0.1, 0.15) is 25.1 Å². The van der Waals surface area contributed by atoms with E-state index >= 15 is 0 Å². The average Bonchev–Trinajstić information content (AvgIpc) is 2.50. The summed E-state index contributed by atoms with van der Waals surface area (Å²) in [4.78, 5) is 9.64. The molecule has 0 fully saturated rings. The second-order valence-corrected chi connectivity index (χ2v) is 5.85. The molecule has 3 nitrogen and oxygen atoms in total. The summed E-state index contributed by atoms with van der Waals surface area (Å²) in [5.74, 6) is 0.877. The van der Waals surface area contributed by atoms with E-state index in [9.17, 15) is 0 Å². The van der Waals surface area contributed by atoms with Gasteiger partial charge in [0.1, 0.15) is 0 Å². The number of halogens is 1. The molecule has 0 radical (unpaired) electrons. The monoisotopic (exact) mass is 307 g/mol. The lowest BCUT2D eigenvalue weighted by Gasteiger charge is -2.17. The second-order valence-electron chi connectivity index (χ2n) is 4.38. The molecule has 2 rings (SSSR count). The van der Waals surface area contributed by atoms with Gasteiger partial charge in [-0.1, -0.05) is 30.7 Å². The third-order valence-corrected chi connectivity index (χ3v) is 4.43. The minimum Gasteiger partial charge on any atom is -0.308 e. The van der Waals surface area contributed by atoms with Crippen molar-refractivity contribution in [1.29, 1.82) is 0 Å². The van der Waals surface area contributed by atoms with E-state index in [2.05, 4.69) is 22.2 Å². The van der Waals surface area contributed by atoms with Crippen molar-refractivity contribution < 1.29 is 0 Å². The Balaban J connectivity index is 2.03. The van der Waals surface area contributed by atoms with Crippen LogP contribution in [0, 0.1) is 0 Å². The fraction of sp³-hybridized carbons (Fsp3) is 0.333. The molecule has 1 heterocycles. The van der Waals surface area contributed by atoms with Gasteiger partial charge in [0, 0.05) is 29.2 Å². The van der Waals surface area contributed by atoms with Gasteiger partial charge in [-0.15, -0.1) is 11.8 Å². The molecule has 106 valence electrons. The van der Waals surface area contributed by atoms with E-state index in [-0.39, 0.29) is 6.04 Å². The number of hydrogen-bond acceptors (Lipinski definition) is 4. The van der Waals surface area contributed by atoms with Crippen molar-refractivity contribution in [3.8, 4) is 0 Å². The summed E-state index contributed by atoms with van der Waals surface area (Å²) >= 11 is 7.93. The van der Waals surface area contributed by atoms with Crippen molar-refractivity contribution in [2.45, 2.75) is 24.3 Å². The Hall–Kier alpha value is -1.10. The van der Waals surface area contributed by atoms with Gasteiger partial charge in [-0.2, -0.15) is 0 Å². The topological polar surface area (TPSA) is 37.8 Å². The molecule has 0 spiro atoms. The number of rotatable bonds is 7. The summed E-state index contributed by atoms with van der Waals surface area (Å²) in [5, 5.41) is 4.31. The van der Waals surface area contributed by atoms with E-state index in [0.717, 1.165) is 34.3 Å². The fourth-order valence-corrected chi connectivity index (χ4v) is 3.11. The molecule has 20 heavy (non-hydrogen) atoms. The Kier molecular flexibility index (Phi) is 6.30. The van der Waals surface area contributed by atoms with Crippen LogP contribution >= 0.6 is 23.4 Å².